The molecule has 0 radical (unpaired) electrons. The van der Waals surface area contributed by atoms with Crippen LogP contribution in [0.5, 0.6) is 0 Å². The first kappa shape index (κ1) is 27.1. The molecule has 3 fully saturated rings. The zero-order valence-electron chi connectivity index (χ0n) is 19.2. The lowest BCUT2D eigenvalue weighted by molar-refractivity contribution is 0.112. The van der Waals surface area contributed by atoms with Gasteiger partial charge in [0.25, 0.3) is 0 Å². The van der Waals surface area contributed by atoms with Crippen molar-refractivity contribution < 1.29 is 14.6 Å². The molecule has 0 aromatic heterocycles. The minimum absolute atomic E-state index is 0.193. The summed E-state index contributed by atoms with van der Waals surface area (Å²) in [4.78, 5) is 15.5. The molecule has 2 aliphatic heterocycles. The lowest BCUT2D eigenvalue weighted by Gasteiger charge is -2.31. The highest BCUT2D eigenvalue weighted by Crippen LogP contribution is 2.29. The zero-order valence-corrected chi connectivity index (χ0v) is 19.2. The molecule has 0 unspecified atom stereocenters. The highest BCUT2D eigenvalue weighted by atomic mass is 16.5. The van der Waals surface area contributed by atoms with E-state index in [2.05, 4.69) is 10.2 Å². The van der Waals surface area contributed by atoms with Gasteiger partial charge in [-0.25, -0.2) is 4.79 Å². The number of carbonyl (C=O) groups excluding carboxylic acids is 1. The first-order valence-electron chi connectivity index (χ1n) is 11.5. The topological polar surface area (TPSA) is 65.0 Å². The van der Waals surface area contributed by atoms with Crippen molar-refractivity contribution in [3.05, 3.63) is 0 Å². The number of piperidine rings is 1. The van der Waals surface area contributed by atoms with E-state index in [4.69, 9.17) is 9.84 Å². The van der Waals surface area contributed by atoms with E-state index in [9.17, 15) is 4.79 Å². The number of amides is 1. The molecule has 0 bridgehead atoms. The maximum atomic E-state index is 11.2. The number of aliphatic hydroxyl groups excluding tert-OH is 1. The minimum atomic E-state index is -0.193. The van der Waals surface area contributed by atoms with Crippen molar-refractivity contribution in [1.29, 1.82) is 0 Å². The van der Waals surface area contributed by atoms with Crippen LogP contribution >= 0.6 is 0 Å². The van der Waals surface area contributed by atoms with E-state index < -0.39 is 0 Å². The molecule has 0 spiro atoms. The molecule has 168 valence electrons. The standard InChI is InChI=1S/C10H19NO2.C9H18N2.C2H6.CH4O/c1-3-13-10(12)11(2)8-7-9-5-4-6-9;1-2-8-11(7-1)9-3-5-10-6-4-9;2*1-2/h9H,3-8H2,1-2H3;9-10H,1-8H2;1-2H3;2H,1H3. The van der Waals surface area contributed by atoms with Crippen molar-refractivity contribution in [3.8, 4) is 0 Å². The molecule has 1 aliphatic carbocycles. The molecule has 1 amide bonds. The number of rotatable bonds is 5. The number of nitrogens with zero attached hydrogens (tertiary/aromatic N) is 2. The molecule has 3 rings (SSSR count). The van der Waals surface area contributed by atoms with Gasteiger partial charge in [-0.15, -0.1) is 0 Å². The van der Waals surface area contributed by atoms with Crippen molar-refractivity contribution in [2.24, 2.45) is 5.92 Å². The molecule has 6 heteroatoms. The van der Waals surface area contributed by atoms with Gasteiger partial charge in [0, 0.05) is 26.7 Å². The van der Waals surface area contributed by atoms with Crippen LogP contribution in [0.1, 0.15) is 72.1 Å². The lowest BCUT2D eigenvalue weighted by Crippen LogP contribution is -2.41. The van der Waals surface area contributed by atoms with Crippen LogP contribution in [0, 0.1) is 5.92 Å². The average Bonchev–Trinajstić information content (AvgIpc) is 3.26. The molecule has 3 aliphatic rings. The summed E-state index contributed by atoms with van der Waals surface area (Å²) in [5.74, 6) is 0.858. The predicted molar refractivity (Wildman–Crippen MR) is 118 cm³/mol. The minimum Gasteiger partial charge on any atom is -0.450 e. The fourth-order valence-corrected chi connectivity index (χ4v) is 3.76. The smallest absolute Gasteiger partial charge is 0.409 e. The van der Waals surface area contributed by atoms with Crippen molar-refractivity contribution >= 4 is 6.09 Å². The summed E-state index contributed by atoms with van der Waals surface area (Å²) in [6, 6.07) is 0.916. The third-order valence-electron chi connectivity index (χ3n) is 5.64. The maximum absolute atomic E-state index is 11.2. The van der Waals surface area contributed by atoms with Crippen LogP contribution in [0.3, 0.4) is 0 Å². The van der Waals surface area contributed by atoms with E-state index in [-0.39, 0.29) is 6.09 Å². The lowest BCUT2D eigenvalue weighted by atomic mass is 9.83. The van der Waals surface area contributed by atoms with Gasteiger partial charge in [-0.05, 0) is 71.1 Å². The van der Waals surface area contributed by atoms with Gasteiger partial charge < -0.3 is 25.0 Å². The monoisotopic (exact) mass is 401 g/mol. The van der Waals surface area contributed by atoms with E-state index in [0.717, 1.165) is 32.0 Å². The van der Waals surface area contributed by atoms with Gasteiger partial charge in [-0.3, -0.25) is 0 Å². The Morgan fingerprint density at radius 1 is 1.07 bits per heavy atom. The Labute approximate surface area is 174 Å². The molecular weight excluding hydrogens is 354 g/mol. The first-order chi connectivity index (χ1) is 13.7. The maximum Gasteiger partial charge on any atom is 0.409 e. The highest BCUT2D eigenvalue weighted by Gasteiger charge is 2.22. The van der Waals surface area contributed by atoms with Crippen molar-refractivity contribution in [2.75, 3.05) is 53.5 Å². The largest absolute Gasteiger partial charge is 0.450 e. The number of ether oxygens (including phenoxy) is 1. The molecule has 2 heterocycles. The van der Waals surface area contributed by atoms with Crippen LogP contribution in [-0.4, -0.2) is 80.5 Å². The third kappa shape index (κ3) is 11.2. The van der Waals surface area contributed by atoms with Gasteiger partial charge in [-0.2, -0.15) is 0 Å². The molecule has 0 atom stereocenters. The molecule has 6 nitrogen and oxygen atoms in total. The van der Waals surface area contributed by atoms with Crippen LogP contribution in [0.2, 0.25) is 0 Å². The van der Waals surface area contributed by atoms with Crippen LogP contribution in [0.4, 0.5) is 4.79 Å². The van der Waals surface area contributed by atoms with Crippen LogP contribution in [-0.2, 0) is 4.74 Å². The SMILES string of the molecule is C1CCN(C2CCNCC2)C1.CC.CCOC(=O)N(C)CCC1CCC1.CO. The van der Waals surface area contributed by atoms with E-state index in [1.165, 1.54) is 71.1 Å². The number of nitrogens with one attached hydrogen (secondary N) is 1. The van der Waals surface area contributed by atoms with E-state index >= 15 is 0 Å². The van der Waals surface area contributed by atoms with Gasteiger partial charge in [0.1, 0.15) is 0 Å². The first-order valence-corrected chi connectivity index (χ1v) is 11.5. The summed E-state index contributed by atoms with van der Waals surface area (Å²) in [5, 5.41) is 10.4. The zero-order chi connectivity index (χ0) is 21.2. The van der Waals surface area contributed by atoms with Crippen molar-refractivity contribution in [1.82, 2.24) is 15.1 Å². The second-order valence-electron chi connectivity index (χ2n) is 7.43. The Morgan fingerprint density at radius 2 is 1.64 bits per heavy atom. The molecule has 2 saturated heterocycles. The van der Waals surface area contributed by atoms with Gasteiger partial charge in [0.05, 0.1) is 6.61 Å². The average molecular weight is 402 g/mol. The fraction of sp³-hybridized carbons (Fsp3) is 0.955. The summed E-state index contributed by atoms with van der Waals surface area (Å²) < 4.78 is 4.87. The van der Waals surface area contributed by atoms with Crippen molar-refractivity contribution in [2.45, 2.75) is 78.2 Å². The number of hydrogen-bond acceptors (Lipinski definition) is 5. The predicted octanol–water partition coefficient (Wildman–Crippen LogP) is 3.73. The molecule has 2 N–H and O–H groups in total. The van der Waals surface area contributed by atoms with Gasteiger partial charge >= 0.3 is 6.09 Å². The summed E-state index contributed by atoms with van der Waals surface area (Å²) in [6.45, 7) is 12.3. The second-order valence-corrected chi connectivity index (χ2v) is 7.43. The van der Waals surface area contributed by atoms with Gasteiger partial charge in [-0.1, -0.05) is 33.1 Å². The van der Waals surface area contributed by atoms with Crippen molar-refractivity contribution in [3.63, 3.8) is 0 Å². The Hall–Kier alpha value is -0.850. The Balaban J connectivity index is 0.000000445. The molecule has 28 heavy (non-hydrogen) atoms. The Kier molecular flexibility index (Phi) is 17.6. The number of carbonyl (C=O) groups is 1. The third-order valence-corrected chi connectivity index (χ3v) is 5.64. The number of aliphatic hydroxyl groups is 1. The highest BCUT2D eigenvalue weighted by molar-refractivity contribution is 5.67. The summed E-state index contributed by atoms with van der Waals surface area (Å²) in [7, 11) is 2.80. The normalized spacial score (nSPS) is 19.6. The number of hydrogen-bond donors (Lipinski definition) is 2. The van der Waals surface area contributed by atoms with Gasteiger partial charge in [0.2, 0.25) is 0 Å². The second kappa shape index (κ2) is 18.2. The van der Waals surface area contributed by atoms with Crippen LogP contribution < -0.4 is 5.32 Å². The van der Waals surface area contributed by atoms with Crippen LogP contribution in [0.25, 0.3) is 0 Å². The molecular formula is C22H47N3O3. The summed E-state index contributed by atoms with van der Waals surface area (Å²) in [5.41, 5.74) is 0. The Morgan fingerprint density at radius 3 is 2.11 bits per heavy atom. The van der Waals surface area contributed by atoms with Crippen LogP contribution in [0.15, 0.2) is 0 Å². The van der Waals surface area contributed by atoms with Gasteiger partial charge in [0.15, 0.2) is 0 Å². The van der Waals surface area contributed by atoms with E-state index in [1.54, 1.807) is 11.9 Å². The number of likely N-dealkylation sites (tertiary alicyclic amines) is 1. The fourth-order valence-electron chi connectivity index (χ4n) is 3.76. The molecule has 0 aromatic rings. The summed E-state index contributed by atoms with van der Waals surface area (Å²) in [6.07, 6.45) is 10.6. The Bertz CT molecular complexity index is 353. The van der Waals surface area contributed by atoms with E-state index in [1.807, 2.05) is 20.8 Å². The summed E-state index contributed by atoms with van der Waals surface area (Å²) >= 11 is 0. The molecule has 1 saturated carbocycles. The van der Waals surface area contributed by atoms with E-state index in [0.29, 0.717) is 6.61 Å². The quantitative estimate of drug-likeness (QED) is 0.735. The molecule has 0 aromatic carbocycles.